The number of hydrogen-bond acceptors (Lipinski definition) is 4. The van der Waals surface area contributed by atoms with E-state index in [1.54, 1.807) is 0 Å². The minimum atomic E-state index is -0.0528. The van der Waals surface area contributed by atoms with Crippen LogP contribution in [0.15, 0.2) is 22.6 Å². The van der Waals surface area contributed by atoms with E-state index in [1.807, 2.05) is 31.9 Å². The molecule has 4 heteroatoms. The molecule has 0 bridgehead atoms. The van der Waals surface area contributed by atoms with E-state index < -0.39 is 0 Å². The number of likely N-dealkylation sites (N-methyl/N-ethyl adjacent to an activating group) is 1. The lowest BCUT2D eigenvalue weighted by atomic mass is 10.1. The van der Waals surface area contributed by atoms with Crippen LogP contribution in [-0.2, 0) is 6.42 Å². The summed E-state index contributed by atoms with van der Waals surface area (Å²) in [6.07, 6.45) is 0.907. The van der Waals surface area contributed by atoms with Crippen LogP contribution in [0.5, 0.6) is 0 Å². The molecule has 0 aliphatic heterocycles. The lowest BCUT2D eigenvalue weighted by Crippen LogP contribution is -2.29. The Morgan fingerprint density at radius 1 is 1.50 bits per heavy atom. The van der Waals surface area contributed by atoms with Crippen molar-refractivity contribution in [3.05, 3.63) is 29.7 Å². The Hall–Kier alpha value is -1.86. The number of oxazole rings is 1. The summed E-state index contributed by atoms with van der Waals surface area (Å²) in [7, 11) is 1.96. The molecule has 4 nitrogen and oxygen atoms in total. The molecule has 0 N–H and O–H groups in total. The fourth-order valence-electron chi connectivity index (χ4n) is 1.84. The molecule has 0 spiro atoms. The van der Waals surface area contributed by atoms with Gasteiger partial charge in [-0.15, -0.1) is 0 Å². The van der Waals surface area contributed by atoms with Crippen molar-refractivity contribution in [3.63, 3.8) is 0 Å². The van der Waals surface area contributed by atoms with Gasteiger partial charge in [-0.1, -0.05) is 6.07 Å². The molecule has 1 unspecified atom stereocenters. The van der Waals surface area contributed by atoms with E-state index in [9.17, 15) is 0 Å². The number of hydrogen-bond donors (Lipinski definition) is 0. The maximum Gasteiger partial charge on any atom is 0.192 e. The van der Waals surface area contributed by atoms with Crippen molar-refractivity contribution < 1.29 is 4.42 Å². The number of nitrogens with zero attached hydrogens (tertiary/aromatic N) is 3. The van der Waals surface area contributed by atoms with Gasteiger partial charge in [0.15, 0.2) is 11.5 Å². The van der Waals surface area contributed by atoms with Crippen LogP contribution in [0.1, 0.15) is 18.4 Å². The highest BCUT2D eigenvalue weighted by molar-refractivity contribution is 5.73. The van der Waals surface area contributed by atoms with Gasteiger partial charge in [-0.25, -0.2) is 4.98 Å². The predicted molar refractivity (Wildman–Crippen MR) is 70.2 cm³/mol. The average molecular weight is 243 g/mol. The molecule has 18 heavy (non-hydrogen) atoms. The van der Waals surface area contributed by atoms with E-state index in [-0.39, 0.29) is 6.04 Å². The molecule has 2 aromatic rings. The minimum absolute atomic E-state index is 0.0528. The Labute approximate surface area is 107 Å². The maximum absolute atomic E-state index is 8.83. The summed E-state index contributed by atoms with van der Waals surface area (Å²) in [6, 6.07) is 8.24. The maximum atomic E-state index is 8.83. The van der Waals surface area contributed by atoms with Gasteiger partial charge in [0, 0.05) is 13.5 Å². The van der Waals surface area contributed by atoms with Crippen molar-refractivity contribution in [2.45, 2.75) is 26.3 Å². The second kappa shape index (κ2) is 5.19. The van der Waals surface area contributed by atoms with Crippen molar-refractivity contribution >= 4 is 11.1 Å². The van der Waals surface area contributed by atoms with Gasteiger partial charge in [-0.2, -0.15) is 5.26 Å². The van der Waals surface area contributed by atoms with E-state index in [2.05, 4.69) is 23.2 Å². The standard InChI is InChI=1S/C14H17N3O/c1-10(9-15)17(3)7-6-12-4-5-14-13(8-12)16-11(2)18-14/h4-5,8,10H,6-7H2,1-3H3. The molecule has 0 aliphatic rings. The van der Waals surface area contributed by atoms with Gasteiger partial charge in [0.25, 0.3) is 0 Å². The Bertz CT molecular complexity index is 582. The normalized spacial score (nSPS) is 12.8. The second-order valence-corrected chi connectivity index (χ2v) is 4.57. The van der Waals surface area contributed by atoms with Gasteiger partial charge >= 0.3 is 0 Å². The molecule has 0 saturated carbocycles. The monoisotopic (exact) mass is 243 g/mol. The third-order valence-corrected chi connectivity index (χ3v) is 3.16. The molecule has 0 amide bonds. The molecule has 2 rings (SSSR count). The lowest BCUT2D eigenvalue weighted by Gasteiger charge is -2.18. The molecular formula is C14H17N3O. The predicted octanol–water partition coefficient (Wildman–Crippen LogP) is 2.52. The van der Waals surface area contributed by atoms with Gasteiger partial charge < -0.3 is 4.42 Å². The highest BCUT2D eigenvalue weighted by Crippen LogP contribution is 2.17. The minimum Gasteiger partial charge on any atom is -0.441 e. The summed E-state index contributed by atoms with van der Waals surface area (Å²) >= 11 is 0. The van der Waals surface area contributed by atoms with Crippen LogP contribution < -0.4 is 0 Å². The number of rotatable bonds is 4. The van der Waals surface area contributed by atoms with Crippen molar-refractivity contribution in [2.24, 2.45) is 0 Å². The van der Waals surface area contributed by atoms with E-state index >= 15 is 0 Å². The van der Waals surface area contributed by atoms with Crippen molar-refractivity contribution in [1.29, 1.82) is 5.26 Å². The molecule has 1 aromatic heterocycles. The van der Waals surface area contributed by atoms with E-state index in [0.29, 0.717) is 5.89 Å². The molecule has 0 radical (unpaired) electrons. The Balaban J connectivity index is 2.06. The third-order valence-electron chi connectivity index (χ3n) is 3.16. The summed E-state index contributed by atoms with van der Waals surface area (Å²) in [5.41, 5.74) is 2.95. The molecule has 1 heterocycles. The molecule has 94 valence electrons. The zero-order valence-corrected chi connectivity index (χ0v) is 11.0. The van der Waals surface area contributed by atoms with Gasteiger partial charge in [0.05, 0.1) is 12.1 Å². The van der Waals surface area contributed by atoms with Crippen LogP contribution in [0.2, 0.25) is 0 Å². The Kier molecular flexibility index (Phi) is 3.63. The van der Waals surface area contributed by atoms with Gasteiger partial charge in [0.2, 0.25) is 0 Å². The summed E-state index contributed by atoms with van der Waals surface area (Å²) in [5.74, 6) is 0.692. The van der Waals surface area contributed by atoms with Crippen LogP contribution in [0.4, 0.5) is 0 Å². The Morgan fingerprint density at radius 3 is 3.00 bits per heavy atom. The number of nitriles is 1. The third kappa shape index (κ3) is 2.69. The number of benzene rings is 1. The van der Waals surface area contributed by atoms with Crippen LogP contribution in [0.3, 0.4) is 0 Å². The zero-order chi connectivity index (χ0) is 13.1. The first-order valence-corrected chi connectivity index (χ1v) is 6.06. The summed E-state index contributed by atoms with van der Waals surface area (Å²) in [4.78, 5) is 6.36. The van der Waals surface area contributed by atoms with Crippen LogP contribution in [-0.4, -0.2) is 29.5 Å². The first-order chi connectivity index (χ1) is 8.60. The SMILES string of the molecule is Cc1nc2cc(CCN(C)C(C)C#N)ccc2o1. The van der Waals surface area contributed by atoms with Gasteiger partial charge in [-0.05, 0) is 38.1 Å². The van der Waals surface area contributed by atoms with Crippen LogP contribution in [0, 0.1) is 18.3 Å². The van der Waals surface area contributed by atoms with Crippen molar-refractivity contribution in [2.75, 3.05) is 13.6 Å². The highest BCUT2D eigenvalue weighted by atomic mass is 16.3. The van der Waals surface area contributed by atoms with Gasteiger partial charge in [-0.3, -0.25) is 4.90 Å². The quantitative estimate of drug-likeness (QED) is 0.828. The van der Waals surface area contributed by atoms with E-state index in [1.165, 1.54) is 5.56 Å². The molecule has 1 aromatic carbocycles. The topological polar surface area (TPSA) is 53.1 Å². The molecule has 0 saturated heterocycles. The van der Waals surface area contributed by atoms with E-state index in [4.69, 9.17) is 9.68 Å². The number of aryl methyl sites for hydroxylation is 1. The lowest BCUT2D eigenvalue weighted by molar-refractivity contribution is 0.306. The average Bonchev–Trinajstić information content (AvgIpc) is 2.74. The number of aromatic nitrogens is 1. The van der Waals surface area contributed by atoms with Crippen molar-refractivity contribution in [1.82, 2.24) is 9.88 Å². The molecule has 0 fully saturated rings. The van der Waals surface area contributed by atoms with Crippen LogP contribution >= 0.6 is 0 Å². The summed E-state index contributed by atoms with van der Waals surface area (Å²) in [6.45, 7) is 4.61. The summed E-state index contributed by atoms with van der Waals surface area (Å²) in [5, 5.41) is 8.83. The molecule has 0 aliphatic carbocycles. The summed E-state index contributed by atoms with van der Waals surface area (Å²) < 4.78 is 5.44. The van der Waals surface area contributed by atoms with Gasteiger partial charge in [0.1, 0.15) is 5.52 Å². The second-order valence-electron chi connectivity index (χ2n) is 4.57. The van der Waals surface area contributed by atoms with E-state index in [0.717, 1.165) is 24.1 Å². The highest BCUT2D eigenvalue weighted by Gasteiger charge is 2.08. The largest absolute Gasteiger partial charge is 0.441 e. The smallest absolute Gasteiger partial charge is 0.192 e. The first-order valence-electron chi connectivity index (χ1n) is 6.06. The Morgan fingerprint density at radius 2 is 2.28 bits per heavy atom. The fourth-order valence-corrected chi connectivity index (χ4v) is 1.84. The van der Waals surface area contributed by atoms with Crippen LogP contribution in [0.25, 0.3) is 11.1 Å². The van der Waals surface area contributed by atoms with Crippen molar-refractivity contribution in [3.8, 4) is 6.07 Å². The first kappa shape index (κ1) is 12.6. The fraction of sp³-hybridized carbons (Fsp3) is 0.429. The zero-order valence-electron chi connectivity index (χ0n) is 11.0. The molecular weight excluding hydrogens is 226 g/mol. The molecule has 1 atom stereocenters. The number of fused-ring (bicyclic) bond motifs is 1.